The van der Waals surface area contributed by atoms with Crippen molar-refractivity contribution < 1.29 is 17.6 Å². The minimum absolute atomic E-state index is 0.0472. The van der Waals surface area contributed by atoms with Gasteiger partial charge in [-0.05, 0) is 55.3 Å². The molecule has 0 atom stereocenters. The molecule has 162 valence electrons. The average Bonchev–Trinajstić information content (AvgIpc) is 2.80. The minimum atomic E-state index is -3.93. The Hall–Kier alpha value is -3.91. The molecule has 4 aromatic rings. The van der Waals surface area contributed by atoms with E-state index in [4.69, 9.17) is 4.42 Å². The van der Waals surface area contributed by atoms with Crippen LogP contribution in [0.1, 0.15) is 21.5 Å². The van der Waals surface area contributed by atoms with E-state index in [1.165, 1.54) is 12.1 Å². The monoisotopic (exact) mass is 447 g/mol. The van der Waals surface area contributed by atoms with Crippen LogP contribution in [0.15, 0.2) is 93.3 Å². The third kappa shape index (κ3) is 4.40. The first-order chi connectivity index (χ1) is 15.3. The summed E-state index contributed by atoms with van der Waals surface area (Å²) < 4.78 is 30.9. The number of nitrogens with one attached hydrogen (secondary N) is 2. The van der Waals surface area contributed by atoms with Crippen molar-refractivity contribution in [3.05, 3.63) is 101 Å². The van der Waals surface area contributed by atoms with E-state index in [2.05, 4.69) is 15.2 Å². The highest BCUT2D eigenvalue weighted by Gasteiger charge is 2.16. The van der Waals surface area contributed by atoms with E-state index in [1.54, 1.807) is 48.5 Å². The van der Waals surface area contributed by atoms with Gasteiger partial charge in [0.25, 0.3) is 15.9 Å². The van der Waals surface area contributed by atoms with Crippen LogP contribution in [0.5, 0.6) is 0 Å². The second-order valence-corrected chi connectivity index (χ2v) is 8.89. The molecular formula is C24H21N3O4S. The first-order valence-corrected chi connectivity index (χ1v) is 11.3. The molecule has 0 aliphatic heterocycles. The molecule has 0 fully saturated rings. The summed E-state index contributed by atoms with van der Waals surface area (Å²) in [5, 5.41) is 7.49. The van der Waals surface area contributed by atoms with Gasteiger partial charge in [0, 0.05) is 11.1 Å². The molecule has 0 radical (unpaired) electrons. The second kappa shape index (κ2) is 8.68. The number of carbonyl (C=O) groups is 1. The summed E-state index contributed by atoms with van der Waals surface area (Å²) in [7, 11) is -3.93. The lowest BCUT2D eigenvalue weighted by molar-refractivity contribution is 0.102. The molecular weight excluding hydrogens is 426 g/mol. The number of anilines is 1. The van der Waals surface area contributed by atoms with Crippen molar-refractivity contribution in [3.8, 4) is 0 Å². The molecule has 0 aliphatic carbocycles. The second-order valence-electron chi connectivity index (χ2n) is 7.22. The standard InChI is InChI=1S/C24H21N3O4S/c1-16-9-8-13-21(17(16)2)25-23(28)20-15-18-10-6-7-14-22(18)31-24(20)26-27-32(29,30)19-11-4-3-5-12-19/h3-15,27H,1-2H3,(H,25,28)/b26-24+. The normalized spacial score (nSPS) is 12.0. The molecule has 1 amide bonds. The molecule has 0 spiro atoms. The molecule has 2 N–H and O–H groups in total. The molecule has 8 heteroatoms. The van der Waals surface area contributed by atoms with E-state index in [0.29, 0.717) is 16.7 Å². The number of para-hydroxylation sites is 1. The fourth-order valence-electron chi connectivity index (χ4n) is 3.14. The topological polar surface area (TPSA) is 101 Å². The molecule has 0 saturated heterocycles. The zero-order valence-electron chi connectivity index (χ0n) is 17.5. The van der Waals surface area contributed by atoms with Gasteiger partial charge in [0.15, 0.2) is 0 Å². The van der Waals surface area contributed by atoms with Gasteiger partial charge in [-0.25, -0.2) is 0 Å². The predicted octanol–water partition coefficient (Wildman–Crippen LogP) is 4.10. The summed E-state index contributed by atoms with van der Waals surface area (Å²) in [5.41, 5.74) is 3.03. The van der Waals surface area contributed by atoms with Gasteiger partial charge in [-0.2, -0.15) is 13.2 Å². The van der Waals surface area contributed by atoms with Crippen molar-refractivity contribution >= 4 is 32.6 Å². The van der Waals surface area contributed by atoms with E-state index in [9.17, 15) is 13.2 Å². The Morgan fingerprint density at radius 3 is 2.41 bits per heavy atom. The van der Waals surface area contributed by atoms with Crippen LogP contribution in [0.2, 0.25) is 0 Å². The lowest BCUT2D eigenvalue weighted by atomic mass is 10.1. The first kappa shape index (κ1) is 21.3. The number of hydrogen-bond acceptors (Lipinski definition) is 5. The fraction of sp³-hybridized carbons (Fsp3) is 0.0833. The maximum atomic E-state index is 13.1. The maximum Gasteiger partial charge on any atom is 0.276 e. The summed E-state index contributed by atoms with van der Waals surface area (Å²) in [5.74, 6) is -0.467. The van der Waals surface area contributed by atoms with Crippen molar-refractivity contribution in [3.63, 3.8) is 0 Å². The molecule has 4 rings (SSSR count). The highest BCUT2D eigenvalue weighted by atomic mass is 32.2. The van der Waals surface area contributed by atoms with Gasteiger partial charge < -0.3 is 9.73 Å². The van der Waals surface area contributed by atoms with Crippen LogP contribution >= 0.6 is 0 Å². The summed E-state index contributed by atoms with van der Waals surface area (Å²) in [6.45, 7) is 3.87. The molecule has 0 bridgehead atoms. The number of rotatable bonds is 5. The Morgan fingerprint density at radius 1 is 0.906 bits per heavy atom. The van der Waals surface area contributed by atoms with Gasteiger partial charge in [0.2, 0.25) is 5.55 Å². The maximum absolute atomic E-state index is 13.1. The third-order valence-corrected chi connectivity index (χ3v) is 6.30. The number of fused-ring (bicyclic) bond motifs is 1. The lowest BCUT2D eigenvalue weighted by Gasteiger charge is -2.11. The highest BCUT2D eigenvalue weighted by Crippen LogP contribution is 2.19. The van der Waals surface area contributed by atoms with Gasteiger partial charge in [-0.3, -0.25) is 4.79 Å². The number of carbonyl (C=O) groups excluding carboxylic acids is 1. The predicted molar refractivity (Wildman–Crippen MR) is 122 cm³/mol. The highest BCUT2D eigenvalue weighted by molar-refractivity contribution is 7.89. The van der Waals surface area contributed by atoms with E-state index in [1.807, 2.05) is 32.0 Å². The van der Waals surface area contributed by atoms with Gasteiger partial charge >= 0.3 is 0 Å². The Morgan fingerprint density at radius 2 is 1.62 bits per heavy atom. The van der Waals surface area contributed by atoms with Crippen molar-refractivity contribution in [2.75, 3.05) is 5.32 Å². The lowest BCUT2D eigenvalue weighted by Crippen LogP contribution is -2.27. The van der Waals surface area contributed by atoms with Crippen LogP contribution in [0.4, 0.5) is 5.69 Å². The van der Waals surface area contributed by atoms with Gasteiger partial charge in [-0.15, -0.1) is 5.10 Å². The number of hydrogen-bond donors (Lipinski definition) is 2. The summed E-state index contributed by atoms with van der Waals surface area (Å²) >= 11 is 0. The van der Waals surface area contributed by atoms with Crippen LogP contribution in [0, 0.1) is 13.8 Å². The van der Waals surface area contributed by atoms with Gasteiger partial charge in [0.05, 0.1) is 4.90 Å². The molecule has 0 saturated carbocycles. The smallest absolute Gasteiger partial charge is 0.276 e. The van der Waals surface area contributed by atoms with Crippen LogP contribution < -0.4 is 15.7 Å². The van der Waals surface area contributed by atoms with E-state index in [0.717, 1.165) is 11.1 Å². The minimum Gasteiger partial charge on any atom is -0.436 e. The number of benzene rings is 3. The molecule has 0 aliphatic rings. The first-order valence-electron chi connectivity index (χ1n) is 9.86. The Kier molecular flexibility index (Phi) is 5.79. The van der Waals surface area contributed by atoms with Crippen molar-refractivity contribution in [2.24, 2.45) is 5.10 Å². The number of aryl methyl sites for hydroxylation is 1. The summed E-state index contributed by atoms with van der Waals surface area (Å²) in [6, 6.07) is 22.2. The summed E-state index contributed by atoms with van der Waals surface area (Å²) in [6.07, 6.45) is 0. The quantitative estimate of drug-likeness (QED) is 0.450. The van der Waals surface area contributed by atoms with Crippen LogP contribution in [0.25, 0.3) is 11.0 Å². The van der Waals surface area contributed by atoms with Crippen molar-refractivity contribution in [1.82, 2.24) is 4.83 Å². The Bertz CT molecular complexity index is 1480. The zero-order valence-corrected chi connectivity index (χ0v) is 18.3. The molecule has 32 heavy (non-hydrogen) atoms. The largest absolute Gasteiger partial charge is 0.436 e. The van der Waals surface area contributed by atoms with E-state index >= 15 is 0 Å². The third-order valence-electron chi connectivity index (χ3n) is 5.07. The number of nitrogens with zero attached hydrogens (tertiary/aromatic N) is 1. The molecule has 1 aromatic heterocycles. The number of amides is 1. The zero-order chi connectivity index (χ0) is 22.7. The molecule has 3 aromatic carbocycles. The van der Waals surface area contributed by atoms with Gasteiger partial charge in [0.1, 0.15) is 11.1 Å². The van der Waals surface area contributed by atoms with E-state index in [-0.39, 0.29) is 16.0 Å². The SMILES string of the molecule is Cc1cccc(NC(=O)c2cc3ccccc3o/c2=N/NS(=O)(=O)c2ccccc2)c1C. The van der Waals surface area contributed by atoms with Crippen molar-refractivity contribution in [2.45, 2.75) is 18.7 Å². The van der Waals surface area contributed by atoms with Crippen LogP contribution in [-0.4, -0.2) is 14.3 Å². The van der Waals surface area contributed by atoms with Gasteiger partial charge in [-0.1, -0.05) is 48.5 Å². The van der Waals surface area contributed by atoms with Crippen LogP contribution in [0.3, 0.4) is 0 Å². The summed E-state index contributed by atoms with van der Waals surface area (Å²) in [4.78, 5) is 15.3. The molecule has 1 heterocycles. The van der Waals surface area contributed by atoms with Crippen LogP contribution in [-0.2, 0) is 10.0 Å². The fourth-order valence-corrected chi connectivity index (χ4v) is 3.97. The van der Waals surface area contributed by atoms with Crippen molar-refractivity contribution in [1.29, 1.82) is 0 Å². The van der Waals surface area contributed by atoms with E-state index < -0.39 is 15.9 Å². The number of sulfonamides is 1. The Balaban J connectivity index is 1.78. The molecule has 7 nitrogen and oxygen atoms in total. The average molecular weight is 448 g/mol. The molecule has 0 unspecified atom stereocenters. The Labute approximate surface area is 185 Å².